The maximum Gasteiger partial charge on any atom is 0.416 e. The number of esters is 1. The summed E-state index contributed by atoms with van der Waals surface area (Å²) in [6, 6.07) is 6.62. The maximum atomic E-state index is 12.5. The van der Waals surface area contributed by atoms with Crippen LogP contribution in [0.1, 0.15) is 22.3 Å². The zero-order chi connectivity index (χ0) is 16.9. The maximum absolute atomic E-state index is 12.5. The summed E-state index contributed by atoms with van der Waals surface area (Å²) in [4.78, 5) is 15.2. The number of pyridine rings is 1. The van der Waals surface area contributed by atoms with Gasteiger partial charge in [-0.15, -0.1) is 0 Å². The van der Waals surface area contributed by atoms with E-state index in [-0.39, 0.29) is 12.4 Å². The van der Waals surface area contributed by atoms with E-state index in [2.05, 4.69) is 9.72 Å². The average Bonchev–Trinajstić information content (AvgIpc) is 2.53. The fourth-order valence-corrected chi connectivity index (χ4v) is 1.91. The molecule has 6 heteroatoms. The van der Waals surface area contributed by atoms with E-state index in [1.807, 2.05) is 0 Å². The molecule has 0 unspecified atom stereocenters. The summed E-state index contributed by atoms with van der Waals surface area (Å²) in [5, 5.41) is 0. The Labute approximate surface area is 131 Å². The first-order valence-corrected chi connectivity index (χ1v) is 6.74. The lowest BCUT2D eigenvalue weighted by Gasteiger charge is -2.06. The standard InChI is InChI=1S/C17H14F3NO2/c1-23-16(22)9-14-8-13(10-21-11-14)3-2-12-4-6-15(7-5-12)17(18,19)20/h2-8,10-11H,9H2,1H3/b3-2+. The van der Waals surface area contributed by atoms with E-state index < -0.39 is 11.7 Å². The predicted molar refractivity (Wildman–Crippen MR) is 80.3 cm³/mol. The van der Waals surface area contributed by atoms with E-state index in [1.54, 1.807) is 30.6 Å². The molecule has 0 aliphatic rings. The lowest BCUT2D eigenvalue weighted by Crippen LogP contribution is -2.04. The summed E-state index contributed by atoms with van der Waals surface area (Å²) in [5.41, 5.74) is 1.39. The first-order valence-electron chi connectivity index (χ1n) is 6.74. The second kappa shape index (κ2) is 7.09. The number of hydrogen-bond donors (Lipinski definition) is 0. The summed E-state index contributed by atoms with van der Waals surface area (Å²) in [7, 11) is 1.31. The summed E-state index contributed by atoms with van der Waals surface area (Å²) in [6.07, 6.45) is 2.34. The Morgan fingerprint density at radius 1 is 1.13 bits per heavy atom. The smallest absolute Gasteiger partial charge is 0.416 e. The Morgan fingerprint density at radius 3 is 2.39 bits per heavy atom. The highest BCUT2D eigenvalue weighted by Gasteiger charge is 2.29. The Balaban J connectivity index is 2.11. The van der Waals surface area contributed by atoms with Gasteiger partial charge in [-0.1, -0.05) is 24.3 Å². The average molecular weight is 321 g/mol. The first-order chi connectivity index (χ1) is 10.9. The number of benzene rings is 1. The summed E-state index contributed by atoms with van der Waals surface area (Å²) >= 11 is 0. The lowest BCUT2D eigenvalue weighted by molar-refractivity contribution is -0.140. The van der Waals surface area contributed by atoms with Gasteiger partial charge in [-0.2, -0.15) is 13.2 Å². The molecule has 0 aliphatic heterocycles. The molecule has 0 bridgehead atoms. The third-order valence-electron chi connectivity index (χ3n) is 3.10. The molecule has 0 spiro atoms. The molecular formula is C17H14F3NO2. The van der Waals surface area contributed by atoms with Crippen molar-refractivity contribution in [3.8, 4) is 0 Å². The van der Waals surface area contributed by atoms with E-state index in [4.69, 9.17) is 0 Å². The van der Waals surface area contributed by atoms with Crippen LogP contribution in [0.25, 0.3) is 12.2 Å². The summed E-state index contributed by atoms with van der Waals surface area (Å²) in [6.45, 7) is 0. The number of alkyl halides is 3. The largest absolute Gasteiger partial charge is 0.469 e. The minimum atomic E-state index is -4.34. The van der Waals surface area contributed by atoms with Gasteiger partial charge in [0.2, 0.25) is 0 Å². The number of methoxy groups -OCH3 is 1. The molecule has 2 rings (SSSR count). The van der Waals surface area contributed by atoms with Gasteiger partial charge in [0.1, 0.15) is 0 Å². The zero-order valence-corrected chi connectivity index (χ0v) is 12.3. The van der Waals surface area contributed by atoms with Crippen LogP contribution in [0.5, 0.6) is 0 Å². The molecule has 1 heterocycles. The molecule has 0 radical (unpaired) electrons. The molecule has 0 aliphatic carbocycles. The van der Waals surface area contributed by atoms with Gasteiger partial charge >= 0.3 is 12.1 Å². The molecule has 1 aromatic carbocycles. The van der Waals surface area contributed by atoms with Crippen LogP contribution in [0.3, 0.4) is 0 Å². The number of carbonyl (C=O) groups excluding carboxylic acids is 1. The topological polar surface area (TPSA) is 39.2 Å². The van der Waals surface area contributed by atoms with Gasteiger partial charge in [0.05, 0.1) is 19.1 Å². The van der Waals surface area contributed by atoms with E-state index in [0.29, 0.717) is 11.1 Å². The van der Waals surface area contributed by atoms with E-state index in [9.17, 15) is 18.0 Å². The second-order valence-electron chi connectivity index (χ2n) is 4.83. The Kier molecular flexibility index (Phi) is 5.16. The van der Waals surface area contributed by atoms with Crippen molar-refractivity contribution in [1.82, 2.24) is 4.98 Å². The second-order valence-corrected chi connectivity index (χ2v) is 4.83. The van der Waals surface area contributed by atoms with E-state index >= 15 is 0 Å². The van der Waals surface area contributed by atoms with E-state index in [0.717, 1.165) is 17.7 Å². The van der Waals surface area contributed by atoms with Gasteiger partial charge in [0.25, 0.3) is 0 Å². The lowest BCUT2D eigenvalue weighted by atomic mass is 10.1. The Bertz CT molecular complexity index is 707. The van der Waals surface area contributed by atoms with Crippen LogP contribution in [-0.4, -0.2) is 18.1 Å². The third-order valence-corrected chi connectivity index (χ3v) is 3.10. The van der Waals surface area contributed by atoms with Crippen LogP contribution >= 0.6 is 0 Å². The van der Waals surface area contributed by atoms with Gasteiger partial charge in [0, 0.05) is 12.4 Å². The molecule has 0 amide bonds. The summed E-state index contributed by atoms with van der Waals surface area (Å²) < 4.78 is 42.0. The Hall–Kier alpha value is -2.63. The van der Waals surface area contributed by atoms with Crippen LogP contribution < -0.4 is 0 Å². The minimum Gasteiger partial charge on any atom is -0.469 e. The molecule has 0 atom stereocenters. The fourth-order valence-electron chi connectivity index (χ4n) is 1.91. The molecule has 0 saturated carbocycles. The fraction of sp³-hybridized carbons (Fsp3) is 0.176. The highest BCUT2D eigenvalue weighted by atomic mass is 19.4. The third kappa shape index (κ3) is 4.95. The molecule has 0 fully saturated rings. The van der Waals surface area contributed by atoms with Crippen LogP contribution in [0.15, 0.2) is 42.7 Å². The molecule has 120 valence electrons. The zero-order valence-electron chi connectivity index (χ0n) is 12.3. The minimum absolute atomic E-state index is 0.117. The number of halogens is 3. The molecule has 3 nitrogen and oxygen atoms in total. The molecule has 0 saturated heterocycles. The van der Waals surface area contributed by atoms with Crippen molar-refractivity contribution in [2.24, 2.45) is 0 Å². The number of hydrogen-bond acceptors (Lipinski definition) is 3. The van der Waals surface area contributed by atoms with Crippen molar-refractivity contribution in [2.75, 3.05) is 7.11 Å². The van der Waals surface area contributed by atoms with Crippen LogP contribution in [0.2, 0.25) is 0 Å². The van der Waals surface area contributed by atoms with Crippen LogP contribution in [0.4, 0.5) is 13.2 Å². The number of rotatable bonds is 4. The monoisotopic (exact) mass is 321 g/mol. The molecule has 23 heavy (non-hydrogen) atoms. The van der Waals surface area contributed by atoms with Gasteiger partial charge in [-0.05, 0) is 34.9 Å². The van der Waals surface area contributed by atoms with Crippen molar-refractivity contribution in [3.05, 3.63) is 65.0 Å². The first kappa shape index (κ1) is 16.7. The van der Waals surface area contributed by atoms with E-state index in [1.165, 1.54) is 19.2 Å². The number of ether oxygens (including phenoxy) is 1. The predicted octanol–water partition coefficient (Wildman–Crippen LogP) is 3.99. The van der Waals surface area contributed by atoms with Crippen LogP contribution in [-0.2, 0) is 22.1 Å². The van der Waals surface area contributed by atoms with Gasteiger partial charge in [0.15, 0.2) is 0 Å². The number of aromatic nitrogens is 1. The SMILES string of the molecule is COC(=O)Cc1cncc(/C=C/c2ccc(C(F)(F)F)cc2)c1. The highest BCUT2D eigenvalue weighted by molar-refractivity contribution is 5.73. The molecular weight excluding hydrogens is 307 g/mol. The Morgan fingerprint density at radius 2 is 1.78 bits per heavy atom. The van der Waals surface area contributed by atoms with Gasteiger partial charge < -0.3 is 4.74 Å². The van der Waals surface area contributed by atoms with Crippen molar-refractivity contribution < 1.29 is 22.7 Å². The van der Waals surface area contributed by atoms with Gasteiger partial charge in [-0.3, -0.25) is 9.78 Å². The summed E-state index contributed by atoms with van der Waals surface area (Å²) in [5.74, 6) is -0.365. The van der Waals surface area contributed by atoms with Gasteiger partial charge in [-0.25, -0.2) is 0 Å². The normalized spacial score (nSPS) is 11.7. The van der Waals surface area contributed by atoms with Crippen molar-refractivity contribution in [2.45, 2.75) is 12.6 Å². The molecule has 0 N–H and O–H groups in total. The van der Waals surface area contributed by atoms with Crippen molar-refractivity contribution >= 4 is 18.1 Å². The molecule has 1 aromatic heterocycles. The quantitative estimate of drug-likeness (QED) is 0.800. The van der Waals surface area contributed by atoms with Crippen LogP contribution in [0, 0.1) is 0 Å². The number of nitrogens with zero attached hydrogens (tertiary/aromatic N) is 1. The van der Waals surface area contributed by atoms with Crippen molar-refractivity contribution in [1.29, 1.82) is 0 Å². The van der Waals surface area contributed by atoms with Crippen molar-refractivity contribution in [3.63, 3.8) is 0 Å². The molecule has 2 aromatic rings. The highest BCUT2D eigenvalue weighted by Crippen LogP contribution is 2.29. The number of carbonyl (C=O) groups is 1.